The number of thioether (sulfide) groups is 1. The van der Waals surface area contributed by atoms with E-state index in [0.717, 1.165) is 5.57 Å². The Bertz CT molecular complexity index is 522. The molecule has 0 aromatic heterocycles. The first kappa shape index (κ1) is 17.3. The van der Waals surface area contributed by atoms with Crippen molar-refractivity contribution in [2.75, 3.05) is 19.0 Å². The van der Waals surface area contributed by atoms with Gasteiger partial charge in [0.15, 0.2) is 0 Å². The quantitative estimate of drug-likeness (QED) is 0.278. The van der Waals surface area contributed by atoms with Crippen LogP contribution in [0.1, 0.15) is 13.8 Å². The second-order valence-electron chi connectivity index (χ2n) is 4.93. The number of rotatable bonds is 6. The van der Waals surface area contributed by atoms with Crippen molar-refractivity contribution < 1.29 is 10.0 Å². The van der Waals surface area contributed by atoms with Gasteiger partial charge in [-0.25, -0.2) is 5.48 Å². The Balaban J connectivity index is 2.61. The highest BCUT2D eigenvalue weighted by Crippen LogP contribution is 2.26. The van der Waals surface area contributed by atoms with Gasteiger partial charge in [-0.1, -0.05) is 17.7 Å². The molecule has 2 N–H and O–H groups in total. The van der Waals surface area contributed by atoms with Gasteiger partial charge in [0.25, 0.3) is 5.91 Å². The largest absolute Gasteiger partial charge is 0.378 e. The molecule has 0 aliphatic rings. The SMILES string of the molecule is CC(/C=C/C(=O)NO)=C\C(C)Sc1ccc(N(C)C)cc1. The molecule has 1 aromatic carbocycles. The lowest BCUT2D eigenvalue weighted by molar-refractivity contribution is -0.124. The van der Waals surface area contributed by atoms with Gasteiger partial charge in [0.05, 0.1) is 0 Å². The molecule has 114 valence electrons. The van der Waals surface area contributed by atoms with E-state index in [0.29, 0.717) is 0 Å². The zero-order valence-corrected chi connectivity index (χ0v) is 13.6. The Kier molecular flexibility index (Phi) is 7.05. The van der Waals surface area contributed by atoms with E-state index < -0.39 is 5.91 Å². The minimum Gasteiger partial charge on any atom is -0.378 e. The molecule has 1 unspecified atom stereocenters. The molecule has 1 amide bonds. The van der Waals surface area contributed by atoms with E-state index in [2.05, 4.69) is 42.2 Å². The molecule has 0 aliphatic heterocycles. The van der Waals surface area contributed by atoms with Gasteiger partial charge in [0.2, 0.25) is 0 Å². The highest BCUT2D eigenvalue weighted by atomic mass is 32.2. The third kappa shape index (κ3) is 6.51. The molecule has 0 aliphatic carbocycles. The Morgan fingerprint density at radius 2 is 1.90 bits per heavy atom. The van der Waals surface area contributed by atoms with Crippen LogP contribution in [0.3, 0.4) is 0 Å². The van der Waals surface area contributed by atoms with Gasteiger partial charge in [0.1, 0.15) is 0 Å². The van der Waals surface area contributed by atoms with Crippen molar-refractivity contribution in [3.8, 4) is 0 Å². The summed E-state index contributed by atoms with van der Waals surface area (Å²) in [4.78, 5) is 14.2. The second-order valence-corrected chi connectivity index (χ2v) is 6.38. The summed E-state index contributed by atoms with van der Waals surface area (Å²) in [7, 11) is 4.04. The predicted octanol–water partition coefficient (Wildman–Crippen LogP) is 3.24. The lowest BCUT2D eigenvalue weighted by Gasteiger charge is -2.13. The molecule has 1 rings (SSSR count). The maximum absolute atomic E-state index is 10.9. The lowest BCUT2D eigenvalue weighted by Crippen LogP contribution is -2.14. The van der Waals surface area contributed by atoms with Crippen LogP contribution in [0.2, 0.25) is 0 Å². The van der Waals surface area contributed by atoms with Crippen LogP contribution in [0.4, 0.5) is 5.69 Å². The molecular weight excluding hydrogens is 284 g/mol. The second kappa shape index (κ2) is 8.54. The Labute approximate surface area is 130 Å². The molecule has 0 saturated heterocycles. The van der Waals surface area contributed by atoms with Crippen molar-refractivity contribution in [2.45, 2.75) is 24.0 Å². The van der Waals surface area contributed by atoms with Crippen molar-refractivity contribution in [1.29, 1.82) is 0 Å². The van der Waals surface area contributed by atoms with Crippen LogP contribution < -0.4 is 10.4 Å². The number of hydroxylamine groups is 1. The molecule has 1 atom stereocenters. The van der Waals surface area contributed by atoms with Crippen LogP contribution in [0.15, 0.2) is 53.0 Å². The number of carbonyl (C=O) groups is 1. The van der Waals surface area contributed by atoms with E-state index in [1.54, 1.807) is 23.3 Å². The number of carbonyl (C=O) groups excluding carboxylic acids is 1. The van der Waals surface area contributed by atoms with E-state index in [1.807, 2.05) is 21.0 Å². The zero-order chi connectivity index (χ0) is 15.8. The summed E-state index contributed by atoms with van der Waals surface area (Å²) in [6.45, 7) is 4.03. The van der Waals surface area contributed by atoms with E-state index >= 15 is 0 Å². The standard InChI is InChI=1S/C16H22N2O2S/c1-12(5-10-16(19)17-20)11-13(2)21-15-8-6-14(7-9-15)18(3)4/h5-11,13,20H,1-4H3,(H,17,19)/b10-5+,12-11+. The fourth-order valence-corrected chi connectivity index (χ4v) is 2.75. The summed E-state index contributed by atoms with van der Waals surface area (Å²) in [5, 5.41) is 8.70. The molecule has 1 aromatic rings. The number of allylic oxidation sites excluding steroid dienone is 2. The van der Waals surface area contributed by atoms with Gasteiger partial charge in [-0.05, 0) is 38.1 Å². The van der Waals surface area contributed by atoms with Gasteiger partial charge in [0, 0.05) is 36.0 Å². The Morgan fingerprint density at radius 3 is 2.43 bits per heavy atom. The minimum atomic E-state index is -0.526. The van der Waals surface area contributed by atoms with Crippen molar-refractivity contribution in [3.63, 3.8) is 0 Å². The lowest BCUT2D eigenvalue weighted by atomic mass is 10.2. The van der Waals surface area contributed by atoms with E-state index in [-0.39, 0.29) is 5.25 Å². The molecule has 21 heavy (non-hydrogen) atoms. The fraction of sp³-hybridized carbons (Fsp3) is 0.312. The maximum atomic E-state index is 10.9. The molecule has 0 spiro atoms. The molecule has 5 heteroatoms. The first-order valence-corrected chi connectivity index (χ1v) is 7.55. The molecule has 0 fully saturated rings. The van der Waals surface area contributed by atoms with E-state index in [4.69, 9.17) is 5.21 Å². The van der Waals surface area contributed by atoms with Crippen molar-refractivity contribution in [1.82, 2.24) is 5.48 Å². The zero-order valence-electron chi connectivity index (χ0n) is 12.8. The monoisotopic (exact) mass is 306 g/mol. The summed E-state index contributed by atoms with van der Waals surface area (Å²) < 4.78 is 0. The third-order valence-electron chi connectivity index (χ3n) is 2.78. The predicted molar refractivity (Wildman–Crippen MR) is 88.9 cm³/mol. The summed E-state index contributed by atoms with van der Waals surface area (Å²) in [5.41, 5.74) is 3.72. The molecule has 0 saturated carbocycles. The molecule has 0 heterocycles. The van der Waals surface area contributed by atoms with Crippen molar-refractivity contribution in [3.05, 3.63) is 48.1 Å². The number of hydrogen-bond acceptors (Lipinski definition) is 4. The normalized spacial score (nSPS) is 13.3. The number of benzene rings is 1. The summed E-state index contributed by atoms with van der Waals surface area (Å²) >= 11 is 1.75. The van der Waals surface area contributed by atoms with Crippen molar-refractivity contribution >= 4 is 23.4 Å². The van der Waals surface area contributed by atoms with Gasteiger partial charge >= 0.3 is 0 Å². The first-order valence-electron chi connectivity index (χ1n) is 6.67. The first-order chi connectivity index (χ1) is 9.92. The smallest absolute Gasteiger partial charge is 0.267 e. The molecule has 0 radical (unpaired) electrons. The molecular formula is C16H22N2O2S. The number of hydrogen-bond donors (Lipinski definition) is 2. The van der Waals surface area contributed by atoms with E-state index in [1.165, 1.54) is 16.7 Å². The van der Waals surface area contributed by atoms with Crippen LogP contribution >= 0.6 is 11.8 Å². The van der Waals surface area contributed by atoms with Crippen molar-refractivity contribution in [2.24, 2.45) is 0 Å². The topological polar surface area (TPSA) is 52.6 Å². The maximum Gasteiger partial charge on any atom is 0.267 e. The van der Waals surface area contributed by atoms with Gasteiger partial charge in [-0.2, -0.15) is 0 Å². The van der Waals surface area contributed by atoms with Crippen LogP contribution in [0.5, 0.6) is 0 Å². The third-order valence-corrected chi connectivity index (χ3v) is 3.83. The Hall–Kier alpha value is -1.72. The molecule has 4 nitrogen and oxygen atoms in total. The van der Waals surface area contributed by atoms with Crippen LogP contribution in [0.25, 0.3) is 0 Å². The molecule has 0 bridgehead atoms. The number of nitrogens with zero attached hydrogens (tertiary/aromatic N) is 1. The van der Waals surface area contributed by atoms with E-state index in [9.17, 15) is 4.79 Å². The van der Waals surface area contributed by atoms with Crippen LogP contribution in [-0.4, -0.2) is 30.5 Å². The summed E-state index contributed by atoms with van der Waals surface area (Å²) in [6.07, 6.45) is 5.05. The number of nitrogens with one attached hydrogen (secondary N) is 1. The van der Waals surface area contributed by atoms with Crippen LogP contribution in [-0.2, 0) is 4.79 Å². The van der Waals surface area contributed by atoms with Gasteiger partial charge in [-0.3, -0.25) is 10.0 Å². The average molecular weight is 306 g/mol. The van der Waals surface area contributed by atoms with Gasteiger partial charge in [-0.15, -0.1) is 11.8 Å². The highest BCUT2D eigenvalue weighted by molar-refractivity contribution is 8.00. The minimum absolute atomic E-state index is 0.289. The number of amides is 1. The average Bonchev–Trinajstić information content (AvgIpc) is 2.45. The Morgan fingerprint density at radius 1 is 1.29 bits per heavy atom. The summed E-state index contributed by atoms with van der Waals surface area (Å²) in [5.74, 6) is -0.526. The number of anilines is 1. The fourth-order valence-electron chi connectivity index (χ4n) is 1.74. The summed E-state index contributed by atoms with van der Waals surface area (Å²) in [6, 6.07) is 8.40. The van der Waals surface area contributed by atoms with Crippen LogP contribution in [0, 0.1) is 0 Å². The highest BCUT2D eigenvalue weighted by Gasteiger charge is 2.02. The van der Waals surface area contributed by atoms with Gasteiger partial charge < -0.3 is 4.90 Å².